The Labute approximate surface area is 147 Å². The van der Waals surface area contributed by atoms with Crippen molar-refractivity contribution in [3.63, 3.8) is 0 Å². The van der Waals surface area contributed by atoms with Gasteiger partial charge in [-0.05, 0) is 37.1 Å². The molecule has 0 bridgehead atoms. The zero-order valence-electron chi connectivity index (χ0n) is 14.3. The number of H-pyrrole nitrogens is 1. The molecule has 134 valence electrons. The summed E-state index contributed by atoms with van der Waals surface area (Å²) < 4.78 is 5.44. The van der Waals surface area contributed by atoms with Gasteiger partial charge in [0.15, 0.2) is 0 Å². The smallest absolute Gasteiger partial charge is 0.251 e. The highest BCUT2D eigenvalue weighted by atomic mass is 16.5. The molecule has 1 aromatic heterocycles. The topological polar surface area (TPSA) is 77.6 Å². The third-order valence-corrected chi connectivity index (χ3v) is 5.54. The van der Waals surface area contributed by atoms with Crippen molar-refractivity contribution in [1.82, 2.24) is 15.2 Å². The van der Waals surface area contributed by atoms with E-state index in [0.717, 1.165) is 50.0 Å². The third kappa shape index (κ3) is 3.42. The first-order valence-corrected chi connectivity index (χ1v) is 9.05. The Morgan fingerprint density at radius 3 is 2.92 bits per heavy atom. The van der Waals surface area contributed by atoms with E-state index in [-0.39, 0.29) is 24.5 Å². The molecule has 2 aliphatic rings. The van der Waals surface area contributed by atoms with Gasteiger partial charge in [0.2, 0.25) is 0 Å². The summed E-state index contributed by atoms with van der Waals surface area (Å²) in [5.74, 6) is 0.0168. The second-order valence-corrected chi connectivity index (χ2v) is 7.10. The zero-order valence-corrected chi connectivity index (χ0v) is 14.3. The summed E-state index contributed by atoms with van der Waals surface area (Å²) in [6.07, 6.45) is 3.93. The number of nitrogens with zero attached hydrogens (tertiary/aromatic N) is 1. The van der Waals surface area contributed by atoms with Crippen molar-refractivity contribution in [3.05, 3.63) is 36.0 Å². The van der Waals surface area contributed by atoms with Gasteiger partial charge in [0.1, 0.15) is 0 Å². The molecule has 0 saturated carbocycles. The lowest BCUT2D eigenvalue weighted by molar-refractivity contribution is 0.0399. The fourth-order valence-electron chi connectivity index (χ4n) is 4.05. The first-order chi connectivity index (χ1) is 12.2. The maximum Gasteiger partial charge on any atom is 0.251 e. The van der Waals surface area contributed by atoms with Gasteiger partial charge in [0.25, 0.3) is 5.91 Å². The number of amides is 1. The van der Waals surface area contributed by atoms with Crippen LogP contribution in [0.2, 0.25) is 0 Å². The molecule has 3 heterocycles. The van der Waals surface area contributed by atoms with Gasteiger partial charge in [-0.3, -0.25) is 9.69 Å². The van der Waals surface area contributed by atoms with Gasteiger partial charge in [0.05, 0.1) is 0 Å². The molecule has 0 spiro atoms. The number of aliphatic hydroxyl groups excluding tert-OH is 1. The molecule has 0 radical (unpaired) electrons. The molecule has 25 heavy (non-hydrogen) atoms. The summed E-state index contributed by atoms with van der Waals surface area (Å²) in [6.45, 7) is 3.34. The van der Waals surface area contributed by atoms with Crippen molar-refractivity contribution >= 4 is 16.8 Å². The average Bonchev–Trinajstić information content (AvgIpc) is 3.28. The second-order valence-electron chi connectivity index (χ2n) is 7.10. The van der Waals surface area contributed by atoms with Gasteiger partial charge in [0, 0.05) is 73.6 Å². The highest BCUT2D eigenvalue weighted by molar-refractivity contribution is 5.98. The minimum absolute atomic E-state index is 0.0118. The average molecular weight is 343 g/mol. The van der Waals surface area contributed by atoms with Crippen molar-refractivity contribution in [2.75, 3.05) is 32.9 Å². The molecule has 2 aromatic rings. The number of aromatic nitrogens is 1. The minimum atomic E-state index is -0.0691. The van der Waals surface area contributed by atoms with Crippen LogP contribution < -0.4 is 5.32 Å². The Morgan fingerprint density at radius 2 is 2.12 bits per heavy atom. The fraction of sp³-hybridized carbons (Fsp3) is 0.526. The van der Waals surface area contributed by atoms with E-state index < -0.39 is 0 Å². The van der Waals surface area contributed by atoms with Crippen molar-refractivity contribution in [2.45, 2.75) is 24.9 Å². The third-order valence-electron chi connectivity index (χ3n) is 5.54. The van der Waals surface area contributed by atoms with Crippen LogP contribution >= 0.6 is 0 Å². The number of hydrogen-bond donors (Lipinski definition) is 3. The molecule has 2 aliphatic heterocycles. The molecule has 6 heteroatoms. The molecule has 0 unspecified atom stereocenters. The van der Waals surface area contributed by atoms with Crippen LogP contribution in [0.15, 0.2) is 30.5 Å². The molecule has 2 fully saturated rings. The predicted molar refractivity (Wildman–Crippen MR) is 95.5 cm³/mol. The molecule has 4 rings (SSSR count). The lowest BCUT2D eigenvalue weighted by Crippen LogP contribution is -2.43. The monoisotopic (exact) mass is 343 g/mol. The molecule has 2 saturated heterocycles. The Hall–Kier alpha value is -1.89. The zero-order chi connectivity index (χ0) is 17.2. The standard InChI is InChI=1S/C19H25N3O3/c23-12-15-10-22(16-4-7-25-8-5-16)11-18(15)21-19(24)14-1-2-17-13(9-14)3-6-20-17/h1-3,6,9,15-16,18,20,23H,4-5,7-8,10-12H2,(H,21,24)/t15-,18+/m0/s1. The Bertz CT molecular complexity index is 738. The van der Waals surface area contributed by atoms with Gasteiger partial charge in [-0.25, -0.2) is 0 Å². The molecule has 1 aromatic carbocycles. The van der Waals surface area contributed by atoms with Gasteiger partial charge in [-0.1, -0.05) is 0 Å². The molecule has 2 atom stereocenters. The molecular formula is C19H25N3O3. The molecule has 1 amide bonds. The van der Waals surface area contributed by atoms with E-state index in [9.17, 15) is 9.90 Å². The van der Waals surface area contributed by atoms with E-state index in [1.54, 1.807) is 0 Å². The first kappa shape index (κ1) is 16.6. The van der Waals surface area contributed by atoms with Gasteiger partial charge in [-0.2, -0.15) is 0 Å². The van der Waals surface area contributed by atoms with Gasteiger partial charge >= 0.3 is 0 Å². The number of carbonyl (C=O) groups is 1. The van der Waals surface area contributed by atoms with E-state index in [1.807, 2.05) is 30.5 Å². The fourth-order valence-corrected chi connectivity index (χ4v) is 4.05. The van der Waals surface area contributed by atoms with Gasteiger partial charge < -0.3 is 20.1 Å². The number of hydrogen-bond acceptors (Lipinski definition) is 4. The first-order valence-electron chi connectivity index (χ1n) is 9.05. The lowest BCUT2D eigenvalue weighted by Gasteiger charge is -2.31. The largest absolute Gasteiger partial charge is 0.396 e. The van der Waals surface area contributed by atoms with Crippen LogP contribution in [-0.4, -0.2) is 65.9 Å². The van der Waals surface area contributed by atoms with E-state index in [1.165, 1.54) is 0 Å². The van der Waals surface area contributed by atoms with Crippen LogP contribution in [-0.2, 0) is 4.74 Å². The summed E-state index contributed by atoms with van der Waals surface area (Å²) in [7, 11) is 0. The highest BCUT2D eigenvalue weighted by Crippen LogP contribution is 2.24. The normalized spacial score (nSPS) is 25.5. The molecular weight excluding hydrogens is 318 g/mol. The number of ether oxygens (including phenoxy) is 1. The predicted octanol–water partition coefficient (Wildman–Crippen LogP) is 1.37. The van der Waals surface area contributed by atoms with Crippen LogP contribution in [0, 0.1) is 5.92 Å². The summed E-state index contributed by atoms with van der Waals surface area (Å²) in [6, 6.07) is 8.12. The van der Waals surface area contributed by atoms with E-state index >= 15 is 0 Å². The number of rotatable bonds is 4. The van der Waals surface area contributed by atoms with Crippen LogP contribution in [0.5, 0.6) is 0 Å². The van der Waals surface area contributed by atoms with Crippen molar-refractivity contribution in [3.8, 4) is 0 Å². The maximum absolute atomic E-state index is 12.7. The van der Waals surface area contributed by atoms with Gasteiger partial charge in [-0.15, -0.1) is 0 Å². The summed E-state index contributed by atoms with van der Waals surface area (Å²) >= 11 is 0. The number of carbonyl (C=O) groups excluding carboxylic acids is 1. The minimum Gasteiger partial charge on any atom is -0.396 e. The molecule has 3 N–H and O–H groups in total. The van der Waals surface area contributed by atoms with Crippen molar-refractivity contribution in [1.29, 1.82) is 0 Å². The number of aliphatic hydroxyl groups is 1. The Balaban J connectivity index is 1.43. The Kier molecular flexibility index (Phi) is 4.74. The van der Waals surface area contributed by atoms with E-state index in [0.29, 0.717) is 11.6 Å². The second kappa shape index (κ2) is 7.15. The van der Waals surface area contributed by atoms with Crippen LogP contribution in [0.25, 0.3) is 10.9 Å². The van der Waals surface area contributed by atoms with Crippen LogP contribution in [0.4, 0.5) is 0 Å². The quantitative estimate of drug-likeness (QED) is 0.784. The number of nitrogens with one attached hydrogen (secondary N) is 2. The number of fused-ring (bicyclic) bond motifs is 1. The highest BCUT2D eigenvalue weighted by Gasteiger charge is 2.37. The lowest BCUT2D eigenvalue weighted by atomic mass is 10.0. The Morgan fingerprint density at radius 1 is 1.28 bits per heavy atom. The maximum atomic E-state index is 12.7. The summed E-state index contributed by atoms with van der Waals surface area (Å²) in [4.78, 5) is 18.2. The SMILES string of the molecule is O=C(N[C@@H]1CN(C2CCOCC2)C[C@H]1CO)c1ccc2[nH]ccc2c1. The van der Waals surface area contributed by atoms with E-state index in [2.05, 4.69) is 15.2 Å². The van der Waals surface area contributed by atoms with Crippen molar-refractivity contribution in [2.24, 2.45) is 5.92 Å². The van der Waals surface area contributed by atoms with Crippen LogP contribution in [0.3, 0.4) is 0 Å². The van der Waals surface area contributed by atoms with Crippen molar-refractivity contribution < 1.29 is 14.6 Å². The summed E-state index contributed by atoms with van der Waals surface area (Å²) in [5, 5.41) is 13.9. The summed E-state index contributed by atoms with van der Waals surface area (Å²) in [5.41, 5.74) is 1.68. The molecule has 6 nitrogen and oxygen atoms in total. The van der Waals surface area contributed by atoms with Crippen LogP contribution in [0.1, 0.15) is 23.2 Å². The molecule has 0 aliphatic carbocycles. The number of benzene rings is 1. The van der Waals surface area contributed by atoms with E-state index in [4.69, 9.17) is 4.74 Å². The number of aromatic amines is 1. The number of likely N-dealkylation sites (tertiary alicyclic amines) is 1.